The lowest BCUT2D eigenvalue weighted by Crippen LogP contribution is -2.58. The zero-order valence-electron chi connectivity index (χ0n) is 28.3. The standard InChI is InChI=1S/C39H49N3O5S/c1-5-24-40(29-18-20-30(21-19-29)47-7-3)35(44)32-33-36(45)42(31(26-43)27-14-10-8-11-15-27)34(39(33)23-22-38(32,4)48-39)37(46)41(25-6-2)28-16-12-9-13-17-28/h5-6,8,10-11,14-15,18-21,28,31-34,43H,1-2,7,9,12-13,16-17,22-26H2,3-4H3/t31-,32+,33+,34?,38-,39?/m1/s1. The number of thioether (sulfide) groups is 1. The van der Waals surface area contributed by atoms with Gasteiger partial charge < -0.3 is 24.5 Å². The molecule has 2 bridgehead atoms. The van der Waals surface area contributed by atoms with Gasteiger partial charge in [-0.2, -0.15) is 0 Å². The lowest BCUT2D eigenvalue weighted by atomic mass is 9.66. The molecule has 0 aromatic heterocycles. The number of anilines is 1. The first-order chi connectivity index (χ1) is 23.2. The van der Waals surface area contributed by atoms with Crippen molar-refractivity contribution >= 4 is 35.2 Å². The second-order valence-corrected chi connectivity index (χ2v) is 15.7. The number of hydrogen-bond donors (Lipinski definition) is 1. The van der Waals surface area contributed by atoms with Gasteiger partial charge in [0.25, 0.3) is 0 Å². The third kappa shape index (κ3) is 5.76. The number of likely N-dealkylation sites (tertiary alicyclic amines) is 1. The highest BCUT2D eigenvalue weighted by Crippen LogP contribution is 2.72. The Balaban J connectivity index is 1.45. The Morgan fingerprint density at radius 3 is 2.33 bits per heavy atom. The molecular weight excluding hydrogens is 623 g/mol. The molecule has 256 valence electrons. The number of rotatable bonds is 13. The highest BCUT2D eigenvalue weighted by atomic mass is 32.2. The summed E-state index contributed by atoms with van der Waals surface area (Å²) in [5, 5.41) is 10.9. The average molecular weight is 672 g/mol. The molecule has 3 saturated heterocycles. The van der Waals surface area contributed by atoms with Crippen molar-refractivity contribution in [2.24, 2.45) is 11.8 Å². The van der Waals surface area contributed by atoms with E-state index in [1.807, 2.05) is 66.4 Å². The van der Waals surface area contributed by atoms with E-state index in [0.717, 1.165) is 43.4 Å². The van der Waals surface area contributed by atoms with Crippen LogP contribution >= 0.6 is 11.8 Å². The van der Waals surface area contributed by atoms with Gasteiger partial charge in [0, 0.05) is 29.6 Å². The molecule has 48 heavy (non-hydrogen) atoms. The topological polar surface area (TPSA) is 90.4 Å². The van der Waals surface area contributed by atoms with Gasteiger partial charge in [-0.15, -0.1) is 24.9 Å². The summed E-state index contributed by atoms with van der Waals surface area (Å²) in [4.78, 5) is 50.5. The molecule has 6 rings (SSSR count). The minimum atomic E-state index is -0.822. The number of aliphatic hydroxyl groups is 1. The van der Waals surface area contributed by atoms with E-state index in [1.54, 1.807) is 33.7 Å². The van der Waals surface area contributed by atoms with E-state index < -0.39 is 33.4 Å². The summed E-state index contributed by atoms with van der Waals surface area (Å²) < 4.78 is 4.30. The van der Waals surface area contributed by atoms with Crippen molar-refractivity contribution in [1.29, 1.82) is 0 Å². The molecule has 1 aliphatic carbocycles. The van der Waals surface area contributed by atoms with Crippen LogP contribution in [0.1, 0.15) is 70.4 Å². The quantitative estimate of drug-likeness (QED) is 0.257. The molecule has 8 nitrogen and oxygen atoms in total. The van der Waals surface area contributed by atoms with Crippen LogP contribution in [0.3, 0.4) is 0 Å². The molecular formula is C39H49N3O5S. The predicted molar refractivity (Wildman–Crippen MR) is 191 cm³/mol. The van der Waals surface area contributed by atoms with Gasteiger partial charge in [-0.05, 0) is 69.4 Å². The first-order valence-electron chi connectivity index (χ1n) is 17.5. The lowest BCUT2D eigenvalue weighted by molar-refractivity contribution is -0.147. The number of hydrogen-bond acceptors (Lipinski definition) is 6. The summed E-state index contributed by atoms with van der Waals surface area (Å²) in [5.74, 6) is -1.11. The van der Waals surface area contributed by atoms with Crippen LogP contribution < -0.4 is 9.64 Å². The molecule has 3 aliphatic heterocycles. The van der Waals surface area contributed by atoms with Crippen molar-refractivity contribution in [3.8, 4) is 5.75 Å². The average Bonchev–Trinajstić information content (AvgIpc) is 3.68. The summed E-state index contributed by atoms with van der Waals surface area (Å²) >= 11 is 1.67. The summed E-state index contributed by atoms with van der Waals surface area (Å²) in [5.41, 5.74) is 1.47. The molecule has 0 radical (unpaired) electrons. The molecule has 4 aliphatic rings. The van der Waals surface area contributed by atoms with E-state index in [2.05, 4.69) is 20.1 Å². The second kappa shape index (κ2) is 14.1. The fourth-order valence-corrected chi connectivity index (χ4v) is 11.3. The fraction of sp³-hybridized carbons (Fsp3) is 0.513. The van der Waals surface area contributed by atoms with Crippen molar-refractivity contribution in [3.63, 3.8) is 0 Å². The Hall–Kier alpha value is -3.56. The van der Waals surface area contributed by atoms with Crippen LogP contribution in [0.2, 0.25) is 0 Å². The predicted octanol–water partition coefficient (Wildman–Crippen LogP) is 6.17. The van der Waals surface area contributed by atoms with Gasteiger partial charge in [-0.3, -0.25) is 14.4 Å². The molecule has 3 amide bonds. The van der Waals surface area contributed by atoms with E-state index in [4.69, 9.17) is 4.74 Å². The molecule has 9 heteroatoms. The highest BCUT2D eigenvalue weighted by Gasteiger charge is 2.78. The van der Waals surface area contributed by atoms with E-state index in [1.165, 1.54) is 0 Å². The highest BCUT2D eigenvalue weighted by molar-refractivity contribution is 8.02. The van der Waals surface area contributed by atoms with E-state index in [-0.39, 0.29) is 36.9 Å². The SMILES string of the molecule is C=CCN(C(=O)[C@@H]1[C@H]2C(=O)N([C@H](CO)c3ccccc3)C(C(=O)N(CC=C)C3CCCCC3)C23CC[C@@]1(C)S3)c1ccc(OCC)cc1. The van der Waals surface area contributed by atoms with E-state index in [9.17, 15) is 9.90 Å². The molecule has 2 unspecified atom stereocenters. The Morgan fingerprint density at radius 2 is 1.71 bits per heavy atom. The molecule has 6 atom stereocenters. The number of nitrogens with zero attached hydrogens (tertiary/aromatic N) is 3. The first kappa shape index (κ1) is 34.3. The van der Waals surface area contributed by atoms with Crippen LogP contribution in [0.15, 0.2) is 79.9 Å². The monoisotopic (exact) mass is 671 g/mol. The molecule has 1 saturated carbocycles. The molecule has 2 aromatic rings. The number of carbonyl (C=O) groups is 3. The summed E-state index contributed by atoms with van der Waals surface area (Å²) in [6.45, 7) is 12.8. The number of amides is 3. The van der Waals surface area contributed by atoms with Gasteiger partial charge >= 0.3 is 0 Å². The first-order valence-corrected chi connectivity index (χ1v) is 18.3. The van der Waals surface area contributed by atoms with Crippen molar-refractivity contribution in [2.75, 3.05) is 31.2 Å². The van der Waals surface area contributed by atoms with Crippen LogP contribution in [0.5, 0.6) is 5.75 Å². The van der Waals surface area contributed by atoms with Gasteiger partial charge in [0.05, 0.1) is 35.8 Å². The normalized spacial score (nSPS) is 28.5. The summed E-state index contributed by atoms with van der Waals surface area (Å²) in [7, 11) is 0. The van der Waals surface area contributed by atoms with Crippen molar-refractivity contribution in [1.82, 2.24) is 9.80 Å². The maximum absolute atomic E-state index is 15.2. The Labute approximate surface area is 289 Å². The number of fused-ring (bicyclic) bond motifs is 1. The third-order valence-corrected chi connectivity index (χ3v) is 13.1. The van der Waals surface area contributed by atoms with Gasteiger partial charge in [0.15, 0.2) is 0 Å². The number of aliphatic hydroxyl groups excluding tert-OH is 1. The maximum Gasteiger partial charge on any atom is 0.247 e. The molecule has 1 spiro atoms. The molecule has 3 heterocycles. The molecule has 2 aromatic carbocycles. The largest absolute Gasteiger partial charge is 0.494 e. The van der Waals surface area contributed by atoms with Gasteiger partial charge in [-0.25, -0.2) is 0 Å². The number of benzene rings is 2. The van der Waals surface area contributed by atoms with Crippen molar-refractivity contribution < 1.29 is 24.2 Å². The minimum Gasteiger partial charge on any atom is -0.494 e. The van der Waals surface area contributed by atoms with Gasteiger partial charge in [-0.1, -0.05) is 61.7 Å². The zero-order chi connectivity index (χ0) is 34.1. The van der Waals surface area contributed by atoms with Crippen molar-refractivity contribution in [3.05, 3.63) is 85.5 Å². The van der Waals surface area contributed by atoms with Crippen LogP contribution in [0, 0.1) is 11.8 Å². The number of ether oxygens (including phenoxy) is 1. The Kier molecular flexibility index (Phi) is 10.1. The Bertz CT molecular complexity index is 1510. The van der Waals surface area contributed by atoms with Crippen LogP contribution in [-0.2, 0) is 14.4 Å². The third-order valence-electron chi connectivity index (χ3n) is 11.1. The molecule has 1 N–H and O–H groups in total. The maximum atomic E-state index is 15.2. The van der Waals surface area contributed by atoms with Gasteiger partial charge in [0.2, 0.25) is 17.7 Å². The summed E-state index contributed by atoms with van der Waals surface area (Å²) in [6, 6.07) is 15.4. The fourth-order valence-electron chi connectivity index (χ4n) is 9.00. The summed E-state index contributed by atoms with van der Waals surface area (Å²) in [6.07, 6.45) is 9.95. The Morgan fingerprint density at radius 1 is 1.02 bits per heavy atom. The van der Waals surface area contributed by atoms with E-state index in [0.29, 0.717) is 31.7 Å². The van der Waals surface area contributed by atoms with Gasteiger partial charge in [0.1, 0.15) is 11.8 Å². The van der Waals surface area contributed by atoms with E-state index >= 15 is 9.59 Å². The van der Waals surface area contributed by atoms with Crippen LogP contribution in [-0.4, -0.2) is 80.5 Å². The lowest BCUT2D eigenvalue weighted by Gasteiger charge is -2.42. The second-order valence-electron chi connectivity index (χ2n) is 13.8. The van der Waals surface area contributed by atoms with Crippen molar-refractivity contribution in [2.45, 2.75) is 86.4 Å². The minimum absolute atomic E-state index is 0.0697. The van der Waals surface area contributed by atoms with Crippen LogP contribution in [0.4, 0.5) is 5.69 Å². The number of carbonyl (C=O) groups excluding carboxylic acids is 3. The smallest absolute Gasteiger partial charge is 0.247 e. The van der Waals surface area contributed by atoms with Crippen LogP contribution in [0.25, 0.3) is 0 Å². The molecule has 4 fully saturated rings. The zero-order valence-corrected chi connectivity index (χ0v) is 29.1.